The lowest BCUT2D eigenvalue weighted by Gasteiger charge is -2.31. The Hall–Kier alpha value is -1.11. The molecule has 2 fully saturated rings. The second-order valence-corrected chi connectivity index (χ2v) is 9.05. The molecule has 1 aromatic rings. The molecule has 2 aliphatic heterocycles. The van der Waals surface area contributed by atoms with E-state index in [0.29, 0.717) is 19.1 Å². The molecule has 6 heteroatoms. The number of sulfonamides is 1. The summed E-state index contributed by atoms with van der Waals surface area (Å²) in [4.78, 5) is 0. The summed E-state index contributed by atoms with van der Waals surface area (Å²) in [7, 11) is -2.99. The van der Waals surface area contributed by atoms with Crippen molar-refractivity contribution < 1.29 is 13.2 Å². The number of fused-ring (bicyclic) bond motifs is 1. The van der Waals surface area contributed by atoms with Gasteiger partial charge in [0.2, 0.25) is 10.0 Å². The zero-order valence-electron chi connectivity index (χ0n) is 13.3. The molecule has 1 saturated carbocycles. The van der Waals surface area contributed by atoms with Gasteiger partial charge in [-0.2, -0.15) is 0 Å². The molecule has 1 aromatic carbocycles. The maximum atomic E-state index is 12.2. The third kappa shape index (κ3) is 3.25. The number of benzene rings is 1. The van der Waals surface area contributed by atoms with Gasteiger partial charge in [0, 0.05) is 32.1 Å². The Labute approximate surface area is 138 Å². The van der Waals surface area contributed by atoms with Crippen molar-refractivity contribution >= 4 is 10.0 Å². The average Bonchev–Trinajstić information content (AvgIpc) is 3.33. The molecule has 4 rings (SSSR count). The summed E-state index contributed by atoms with van der Waals surface area (Å²) >= 11 is 0. The molecule has 0 amide bonds. The monoisotopic (exact) mass is 336 g/mol. The van der Waals surface area contributed by atoms with Crippen molar-refractivity contribution in [3.8, 4) is 5.75 Å². The van der Waals surface area contributed by atoms with E-state index in [2.05, 4.69) is 23.5 Å². The number of hydrogen-bond acceptors (Lipinski definition) is 4. The molecule has 0 aromatic heterocycles. The summed E-state index contributed by atoms with van der Waals surface area (Å²) in [6.45, 7) is 2.95. The lowest BCUT2D eigenvalue weighted by Crippen LogP contribution is -2.45. The van der Waals surface area contributed by atoms with Gasteiger partial charge in [0.25, 0.3) is 0 Å². The zero-order chi connectivity index (χ0) is 15.9. The summed E-state index contributed by atoms with van der Waals surface area (Å²) in [5.41, 5.74) is 2.58. The fraction of sp³-hybridized carbons (Fsp3) is 0.647. The van der Waals surface area contributed by atoms with Crippen LogP contribution in [0.1, 0.15) is 36.8 Å². The van der Waals surface area contributed by atoms with E-state index in [-0.39, 0.29) is 5.25 Å². The first kappa shape index (κ1) is 15.4. The molecule has 1 saturated heterocycles. The minimum atomic E-state index is -2.99. The minimum Gasteiger partial charge on any atom is -0.493 e. The lowest BCUT2D eigenvalue weighted by molar-refractivity contribution is 0.288. The van der Waals surface area contributed by atoms with Crippen LogP contribution in [0.3, 0.4) is 0 Å². The second-order valence-electron chi connectivity index (χ2n) is 6.84. The van der Waals surface area contributed by atoms with Crippen LogP contribution >= 0.6 is 0 Å². The second kappa shape index (κ2) is 6.07. The van der Waals surface area contributed by atoms with Gasteiger partial charge in [0.1, 0.15) is 5.75 Å². The number of nitrogens with one attached hydrogen (secondary N) is 1. The molecular formula is C17H24N2O3S. The fourth-order valence-electron chi connectivity index (χ4n) is 3.50. The van der Waals surface area contributed by atoms with Crippen LogP contribution in [0.15, 0.2) is 18.2 Å². The van der Waals surface area contributed by atoms with Crippen LogP contribution in [0.2, 0.25) is 0 Å². The Morgan fingerprint density at radius 1 is 1.17 bits per heavy atom. The maximum absolute atomic E-state index is 12.2. The highest BCUT2D eigenvalue weighted by molar-refractivity contribution is 7.90. The number of nitrogens with zero attached hydrogens (tertiary/aromatic N) is 1. The molecule has 1 N–H and O–H groups in total. The van der Waals surface area contributed by atoms with Crippen molar-refractivity contribution in [2.45, 2.75) is 49.9 Å². The van der Waals surface area contributed by atoms with E-state index in [4.69, 9.17) is 4.74 Å². The minimum absolute atomic E-state index is 0.0827. The molecule has 3 aliphatic rings. The summed E-state index contributed by atoms with van der Waals surface area (Å²) in [5, 5.41) is 3.50. The Balaban J connectivity index is 1.28. The number of ether oxygens (including phenoxy) is 1. The molecule has 2 heterocycles. The molecule has 0 radical (unpaired) electrons. The van der Waals surface area contributed by atoms with E-state index < -0.39 is 10.0 Å². The maximum Gasteiger partial charge on any atom is 0.216 e. The van der Waals surface area contributed by atoms with Gasteiger partial charge >= 0.3 is 0 Å². The van der Waals surface area contributed by atoms with Crippen molar-refractivity contribution in [2.24, 2.45) is 0 Å². The van der Waals surface area contributed by atoms with Crippen LogP contribution in [0.25, 0.3) is 0 Å². The van der Waals surface area contributed by atoms with E-state index in [1.165, 1.54) is 11.1 Å². The van der Waals surface area contributed by atoms with Crippen molar-refractivity contribution in [3.63, 3.8) is 0 Å². The normalized spacial score (nSPS) is 22.8. The first-order valence-corrected chi connectivity index (χ1v) is 10.1. The Kier molecular flexibility index (Phi) is 4.07. The van der Waals surface area contributed by atoms with Crippen LogP contribution in [0, 0.1) is 0 Å². The van der Waals surface area contributed by atoms with Gasteiger partial charge in [0.05, 0.1) is 11.9 Å². The Bertz CT molecular complexity index is 677. The standard InChI is InChI=1S/C17H24N2O3S/c20-23(21,16-2-3-16)19-8-5-15(6-9-19)18-12-13-1-4-17-14(11-13)7-10-22-17/h1,4,11,15-16,18H,2-3,5-10,12H2. The van der Waals surface area contributed by atoms with Crippen LogP contribution < -0.4 is 10.1 Å². The van der Waals surface area contributed by atoms with Crippen LogP contribution in [0.5, 0.6) is 5.75 Å². The van der Waals surface area contributed by atoms with E-state index in [1.54, 1.807) is 4.31 Å². The van der Waals surface area contributed by atoms with E-state index in [1.807, 2.05) is 0 Å². The summed E-state index contributed by atoms with van der Waals surface area (Å²) in [6, 6.07) is 6.81. The summed E-state index contributed by atoms with van der Waals surface area (Å²) < 4.78 is 31.7. The molecule has 0 spiro atoms. The molecular weight excluding hydrogens is 312 g/mol. The highest BCUT2D eigenvalue weighted by Crippen LogP contribution is 2.32. The van der Waals surface area contributed by atoms with Gasteiger partial charge < -0.3 is 10.1 Å². The SMILES string of the molecule is O=S(=O)(C1CC1)N1CCC(NCc2ccc3c(c2)CCO3)CC1. The van der Waals surface area contributed by atoms with E-state index >= 15 is 0 Å². The molecule has 1 aliphatic carbocycles. The van der Waals surface area contributed by atoms with Crippen molar-refractivity contribution in [1.82, 2.24) is 9.62 Å². The number of rotatable bonds is 5. The van der Waals surface area contributed by atoms with Gasteiger partial charge in [-0.05, 0) is 42.9 Å². The number of piperidine rings is 1. The van der Waals surface area contributed by atoms with Crippen molar-refractivity contribution in [2.75, 3.05) is 19.7 Å². The highest BCUT2D eigenvalue weighted by Gasteiger charge is 2.41. The van der Waals surface area contributed by atoms with Crippen LogP contribution in [-0.4, -0.2) is 43.7 Å². The third-order valence-electron chi connectivity index (χ3n) is 5.11. The van der Waals surface area contributed by atoms with Crippen molar-refractivity contribution in [3.05, 3.63) is 29.3 Å². The Morgan fingerprint density at radius 2 is 1.96 bits per heavy atom. The van der Waals surface area contributed by atoms with E-state index in [0.717, 1.165) is 51.0 Å². The van der Waals surface area contributed by atoms with E-state index in [9.17, 15) is 8.42 Å². The van der Waals surface area contributed by atoms with Gasteiger partial charge in [0.15, 0.2) is 0 Å². The molecule has 23 heavy (non-hydrogen) atoms. The summed E-state index contributed by atoms with van der Waals surface area (Å²) in [6.07, 6.45) is 4.51. The number of hydrogen-bond donors (Lipinski definition) is 1. The molecule has 0 atom stereocenters. The van der Waals surface area contributed by atoms with Crippen molar-refractivity contribution in [1.29, 1.82) is 0 Å². The van der Waals surface area contributed by atoms with Crippen LogP contribution in [-0.2, 0) is 23.0 Å². The molecule has 0 bridgehead atoms. The lowest BCUT2D eigenvalue weighted by atomic mass is 10.1. The highest BCUT2D eigenvalue weighted by atomic mass is 32.2. The fourth-order valence-corrected chi connectivity index (χ4v) is 5.38. The first-order valence-electron chi connectivity index (χ1n) is 8.60. The first-order chi connectivity index (χ1) is 11.1. The van der Waals surface area contributed by atoms with Gasteiger partial charge in [-0.15, -0.1) is 0 Å². The quantitative estimate of drug-likeness (QED) is 0.889. The largest absolute Gasteiger partial charge is 0.493 e. The molecule has 126 valence electrons. The average molecular weight is 336 g/mol. The topological polar surface area (TPSA) is 58.6 Å². The third-order valence-corrected chi connectivity index (χ3v) is 7.51. The smallest absolute Gasteiger partial charge is 0.216 e. The van der Waals surface area contributed by atoms with Gasteiger partial charge in [-0.25, -0.2) is 12.7 Å². The van der Waals surface area contributed by atoms with Gasteiger partial charge in [-0.3, -0.25) is 0 Å². The Morgan fingerprint density at radius 3 is 2.70 bits per heavy atom. The summed E-state index contributed by atoms with van der Waals surface area (Å²) in [5.74, 6) is 1.02. The van der Waals surface area contributed by atoms with Gasteiger partial charge in [-0.1, -0.05) is 12.1 Å². The predicted molar refractivity (Wildman–Crippen MR) is 89.0 cm³/mol. The van der Waals surface area contributed by atoms with Crippen LogP contribution in [0.4, 0.5) is 0 Å². The predicted octanol–water partition coefficient (Wildman–Crippen LogP) is 1.67. The zero-order valence-corrected chi connectivity index (χ0v) is 14.1. The molecule has 0 unspecified atom stereocenters. The molecule has 5 nitrogen and oxygen atoms in total.